The maximum absolute atomic E-state index is 10.8. The summed E-state index contributed by atoms with van der Waals surface area (Å²) in [4.78, 5) is 21.3. The fourth-order valence-corrected chi connectivity index (χ4v) is 0.492. The predicted octanol–water partition coefficient (Wildman–Crippen LogP) is 0.462. The Hall–Kier alpha value is -1.52. The maximum Gasteiger partial charge on any atom is 0.406 e. The van der Waals surface area contributed by atoms with E-state index in [-0.39, 0.29) is 13.2 Å². The highest BCUT2D eigenvalue weighted by Crippen LogP contribution is 1.90. The summed E-state index contributed by atoms with van der Waals surface area (Å²) in [6.45, 7) is 5.29. The van der Waals surface area contributed by atoms with Gasteiger partial charge in [0.05, 0.1) is 13.7 Å². The molecular weight excluding hydrogens is 174 g/mol. The van der Waals surface area contributed by atoms with Crippen LogP contribution in [0.1, 0.15) is 6.92 Å². The Morgan fingerprint density at radius 1 is 1.46 bits per heavy atom. The molecule has 0 saturated heterocycles. The highest BCUT2D eigenvalue weighted by atomic mass is 16.5. The number of ether oxygens (including phenoxy) is 2. The van der Waals surface area contributed by atoms with Crippen LogP contribution in [0.2, 0.25) is 0 Å². The van der Waals surface area contributed by atoms with E-state index in [4.69, 9.17) is 0 Å². The van der Waals surface area contributed by atoms with Gasteiger partial charge in [0.15, 0.2) is 0 Å². The van der Waals surface area contributed by atoms with Gasteiger partial charge in [0.25, 0.3) is 0 Å². The van der Waals surface area contributed by atoms with E-state index < -0.39 is 12.1 Å². The van der Waals surface area contributed by atoms with E-state index in [9.17, 15) is 9.59 Å². The minimum Gasteiger partial charge on any atom is -0.460 e. The SMILES string of the molecule is C=C(C)C(=O)OCCNC(=O)OC. The molecule has 0 aromatic heterocycles. The summed E-state index contributed by atoms with van der Waals surface area (Å²) < 4.78 is 8.99. The molecule has 0 aliphatic heterocycles. The number of esters is 1. The highest BCUT2D eigenvalue weighted by molar-refractivity contribution is 5.86. The van der Waals surface area contributed by atoms with Gasteiger partial charge in [0.2, 0.25) is 0 Å². The Labute approximate surface area is 76.7 Å². The van der Waals surface area contributed by atoms with Crippen molar-refractivity contribution in [3.63, 3.8) is 0 Å². The van der Waals surface area contributed by atoms with Crippen molar-refractivity contribution in [3.05, 3.63) is 12.2 Å². The van der Waals surface area contributed by atoms with Crippen LogP contribution in [-0.4, -0.2) is 32.3 Å². The Bertz CT molecular complexity index is 212. The van der Waals surface area contributed by atoms with Crippen molar-refractivity contribution in [1.29, 1.82) is 0 Å². The molecule has 74 valence electrons. The van der Waals surface area contributed by atoms with Crippen LogP contribution in [0.25, 0.3) is 0 Å². The van der Waals surface area contributed by atoms with Crippen molar-refractivity contribution in [1.82, 2.24) is 5.32 Å². The number of carbonyl (C=O) groups excluding carboxylic acids is 2. The third kappa shape index (κ3) is 5.72. The summed E-state index contributed by atoms with van der Waals surface area (Å²) in [6.07, 6.45) is -0.550. The van der Waals surface area contributed by atoms with Crippen LogP contribution >= 0.6 is 0 Å². The average Bonchev–Trinajstić information content (AvgIpc) is 2.11. The van der Waals surface area contributed by atoms with Gasteiger partial charge < -0.3 is 14.8 Å². The van der Waals surface area contributed by atoms with Gasteiger partial charge in [-0.1, -0.05) is 6.58 Å². The molecule has 0 aliphatic carbocycles. The Balaban J connectivity index is 3.41. The van der Waals surface area contributed by atoms with E-state index in [1.165, 1.54) is 7.11 Å². The van der Waals surface area contributed by atoms with Crippen LogP contribution in [0.4, 0.5) is 4.79 Å². The van der Waals surface area contributed by atoms with E-state index in [2.05, 4.69) is 21.4 Å². The smallest absolute Gasteiger partial charge is 0.406 e. The molecule has 0 spiro atoms. The molecule has 1 amide bonds. The van der Waals surface area contributed by atoms with E-state index in [0.717, 1.165) is 0 Å². The lowest BCUT2D eigenvalue weighted by molar-refractivity contribution is -0.138. The van der Waals surface area contributed by atoms with Crippen molar-refractivity contribution >= 4 is 12.1 Å². The van der Waals surface area contributed by atoms with Crippen LogP contribution in [0.3, 0.4) is 0 Å². The molecule has 0 fully saturated rings. The molecule has 0 saturated carbocycles. The third-order valence-electron chi connectivity index (χ3n) is 1.14. The van der Waals surface area contributed by atoms with Crippen molar-refractivity contribution in [2.75, 3.05) is 20.3 Å². The highest BCUT2D eigenvalue weighted by Gasteiger charge is 2.02. The van der Waals surface area contributed by atoms with Gasteiger partial charge in [-0.3, -0.25) is 0 Å². The van der Waals surface area contributed by atoms with Crippen LogP contribution in [0.5, 0.6) is 0 Å². The van der Waals surface area contributed by atoms with Gasteiger partial charge in [-0.2, -0.15) is 0 Å². The summed E-state index contributed by atoms with van der Waals surface area (Å²) in [5.74, 6) is -0.466. The molecule has 5 nitrogen and oxygen atoms in total. The summed E-state index contributed by atoms with van der Waals surface area (Å²) in [5.41, 5.74) is 0.332. The van der Waals surface area contributed by atoms with Crippen LogP contribution in [0.15, 0.2) is 12.2 Å². The number of nitrogens with one attached hydrogen (secondary N) is 1. The molecule has 0 unspecified atom stereocenters. The molecule has 5 heteroatoms. The second kappa shape index (κ2) is 6.05. The van der Waals surface area contributed by atoms with Crippen molar-refractivity contribution in [2.24, 2.45) is 0 Å². The lowest BCUT2D eigenvalue weighted by Gasteiger charge is -2.04. The monoisotopic (exact) mass is 187 g/mol. The number of amides is 1. The molecule has 1 N–H and O–H groups in total. The number of rotatable bonds is 4. The topological polar surface area (TPSA) is 64.6 Å². The first-order chi connectivity index (χ1) is 6.07. The van der Waals surface area contributed by atoms with E-state index in [1.54, 1.807) is 6.92 Å². The number of hydrogen-bond donors (Lipinski definition) is 1. The van der Waals surface area contributed by atoms with Crippen LogP contribution < -0.4 is 5.32 Å². The van der Waals surface area contributed by atoms with E-state index >= 15 is 0 Å². The minimum absolute atomic E-state index is 0.112. The zero-order valence-electron chi connectivity index (χ0n) is 7.75. The van der Waals surface area contributed by atoms with Crippen molar-refractivity contribution < 1.29 is 19.1 Å². The quantitative estimate of drug-likeness (QED) is 0.394. The molecule has 0 radical (unpaired) electrons. The molecule has 0 heterocycles. The normalized spacial score (nSPS) is 8.77. The molecule has 0 rings (SSSR count). The third-order valence-corrected chi connectivity index (χ3v) is 1.14. The zero-order chi connectivity index (χ0) is 10.3. The molecule has 0 aromatic rings. The predicted molar refractivity (Wildman–Crippen MR) is 46.2 cm³/mol. The van der Waals surface area contributed by atoms with Gasteiger partial charge >= 0.3 is 12.1 Å². The second-order valence-corrected chi connectivity index (χ2v) is 2.33. The maximum atomic E-state index is 10.8. The van der Waals surface area contributed by atoms with Gasteiger partial charge in [0.1, 0.15) is 6.61 Å². The Kier molecular flexibility index (Phi) is 5.34. The summed E-state index contributed by atoms with van der Waals surface area (Å²) in [6, 6.07) is 0. The largest absolute Gasteiger partial charge is 0.460 e. The summed E-state index contributed by atoms with van der Waals surface area (Å²) in [7, 11) is 1.26. The lowest BCUT2D eigenvalue weighted by atomic mass is 10.4. The van der Waals surface area contributed by atoms with Gasteiger partial charge in [-0.25, -0.2) is 9.59 Å². The fraction of sp³-hybridized carbons (Fsp3) is 0.500. The Morgan fingerprint density at radius 2 is 2.08 bits per heavy atom. The number of hydrogen-bond acceptors (Lipinski definition) is 4. The Morgan fingerprint density at radius 3 is 2.54 bits per heavy atom. The average molecular weight is 187 g/mol. The molecule has 0 atom stereocenters. The van der Waals surface area contributed by atoms with Crippen LogP contribution in [-0.2, 0) is 14.3 Å². The van der Waals surface area contributed by atoms with Gasteiger partial charge in [0, 0.05) is 5.57 Å². The minimum atomic E-state index is -0.550. The van der Waals surface area contributed by atoms with Crippen LogP contribution in [0, 0.1) is 0 Å². The molecule has 0 aromatic carbocycles. The number of carbonyl (C=O) groups is 2. The molecule has 0 aliphatic rings. The van der Waals surface area contributed by atoms with E-state index in [0.29, 0.717) is 5.57 Å². The standard InChI is InChI=1S/C8H13NO4/c1-6(2)7(10)13-5-4-9-8(11)12-3/h1,4-5H2,2-3H3,(H,9,11). The van der Waals surface area contributed by atoms with E-state index in [1.807, 2.05) is 0 Å². The zero-order valence-corrected chi connectivity index (χ0v) is 7.75. The first-order valence-corrected chi connectivity index (χ1v) is 3.72. The number of alkyl carbamates (subject to hydrolysis) is 1. The van der Waals surface area contributed by atoms with Gasteiger partial charge in [-0.15, -0.1) is 0 Å². The summed E-state index contributed by atoms with van der Waals surface area (Å²) in [5, 5.41) is 2.36. The number of methoxy groups -OCH3 is 1. The van der Waals surface area contributed by atoms with Gasteiger partial charge in [-0.05, 0) is 6.92 Å². The molecule has 0 bridgehead atoms. The lowest BCUT2D eigenvalue weighted by Crippen LogP contribution is -2.27. The first kappa shape index (κ1) is 11.5. The molecule has 13 heavy (non-hydrogen) atoms. The second-order valence-electron chi connectivity index (χ2n) is 2.33. The first-order valence-electron chi connectivity index (χ1n) is 3.72. The van der Waals surface area contributed by atoms with Crippen molar-refractivity contribution in [3.8, 4) is 0 Å². The summed E-state index contributed by atoms with van der Waals surface area (Å²) >= 11 is 0. The fourth-order valence-electron chi connectivity index (χ4n) is 0.492. The van der Waals surface area contributed by atoms with Crippen molar-refractivity contribution in [2.45, 2.75) is 6.92 Å². The molecular formula is C8H13NO4.